The lowest BCUT2D eigenvalue weighted by Crippen LogP contribution is -2.48. The minimum Gasteiger partial charge on any atom is -0.380 e. The summed E-state index contributed by atoms with van der Waals surface area (Å²) in [5.41, 5.74) is 5.38. The van der Waals surface area contributed by atoms with Gasteiger partial charge in [-0.25, -0.2) is 0 Å². The number of carbonyl (C=O) groups excluding carboxylic acids is 3. The summed E-state index contributed by atoms with van der Waals surface area (Å²) in [6.07, 6.45) is 4.75. The quantitative estimate of drug-likeness (QED) is 0.494. The third kappa shape index (κ3) is 4.66. The molecule has 25 heavy (non-hydrogen) atoms. The Hall–Kier alpha value is -1.75. The Bertz CT molecular complexity index is 626. The molecule has 1 aliphatic rings. The number of aliphatic hydroxyl groups is 1. The first-order valence-corrected chi connectivity index (χ1v) is 9.04. The third-order valence-electron chi connectivity index (χ3n) is 5.46. The summed E-state index contributed by atoms with van der Waals surface area (Å²) in [4.78, 5) is 36.7. The van der Waals surface area contributed by atoms with Crippen molar-refractivity contribution in [1.29, 1.82) is 0 Å². The summed E-state index contributed by atoms with van der Waals surface area (Å²) >= 11 is 0. The highest BCUT2D eigenvalue weighted by atomic mass is 16.3. The number of primary amides is 1. The molecule has 0 aliphatic heterocycles. The molecular weight excluding hydrogens is 318 g/mol. The SMILES string of the molecule is CCCCCCC(CC1=C(C)C(=O)C(C)=C(C)C1=O)C(C)(O)C(N)=O. The number of ketones is 2. The highest BCUT2D eigenvalue weighted by Crippen LogP contribution is 2.34. The maximum absolute atomic E-state index is 12.6. The summed E-state index contributed by atoms with van der Waals surface area (Å²) in [6, 6.07) is 0. The molecule has 0 aromatic heterocycles. The van der Waals surface area contributed by atoms with Gasteiger partial charge in [0.2, 0.25) is 5.91 Å². The third-order valence-corrected chi connectivity index (χ3v) is 5.46. The molecule has 1 aliphatic carbocycles. The zero-order valence-electron chi connectivity index (χ0n) is 16.1. The van der Waals surface area contributed by atoms with Crippen LogP contribution in [0.4, 0.5) is 0 Å². The molecule has 0 aromatic rings. The summed E-state index contributed by atoms with van der Waals surface area (Å²) in [6.45, 7) is 8.44. The highest BCUT2D eigenvalue weighted by molar-refractivity contribution is 6.24. The van der Waals surface area contributed by atoms with E-state index < -0.39 is 17.4 Å². The number of nitrogens with two attached hydrogens (primary N) is 1. The Morgan fingerprint density at radius 2 is 1.60 bits per heavy atom. The standard InChI is InChI=1S/C20H31NO4/c1-6-7-8-9-10-15(20(5,25)19(21)24)11-16-14(4)17(22)12(2)13(3)18(16)23/h15,25H,6-11H2,1-5H3,(H2,21,24). The van der Waals surface area contributed by atoms with Crippen molar-refractivity contribution in [2.45, 2.75) is 78.7 Å². The molecule has 2 unspecified atom stereocenters. The van der Waals surface area contributed by atoms with Crippen LogP contribution in [0.25, 0.3) is 0 Å². The molecule has 1 rings (SSSR count). The molecule has 5 heteroatoms. The van der Waals surface area contributed by atoms with Crippen LogP contribution in [0.15, 0.2) is 22.3 Å². The maximum atomic E-state index is 12.6. The van der Waals surface area contributed by atoms with E-state index >= 15 is 0 Å². The average Bonchev–Trinajstić information content (AvgIpc) is 2.56. The minimum atomic E-state index is -1.72. The Kier molecular flexibility index (Phi) is 7.29. The average molecular weight is 349 g/mol. The first kappa shape index (κ1) is 21.3. The summed E-state index contributed by atoms with van der Waals surface area (Å²) in [7, 11) is 0. The molecule has 0 bridgehead atoms. The van der Waals surface area contributed by atoms with E-state index in [1.807, 2.05) is 0 Å². The van der Waals surface area contributed by atoms with E-state index in [2.05, 4.69) is 6.92 Å². The van der Waals surface area contributed by atoms with Gasteiger partial charge in [0.25, 0.3) is 0 Å². The minimum absolute atomic E-state index is 0.143. The first-order chi connectivity index (χ1) is 11.6. The van der Waals surface area contributed by atoms with E-state index in [9.17, 15) is 19.5 Å². The Morgan fingerprint density at radius 1 is 1.04 bits per heavy atom. The van der Waals surface area contributed by atoms with Gasteiger partial charge in [0.05, 0.1) is 0 Å². The van der Waals surface area contributed by atoms with Crippen LogP contribution in [0.5, 0.6) is 0 Å². The predicted molar refractivity (Wildman–Crippen MR) is 97.8 cm³/mol. The largest absolute Gasteiger partial charge is 0.380 e. The van der Waals surface area contributed by atoms with Crippen molar-refractivity contribution < 1.29 is 19.5 Å². The Morgan fingerprint density at radius 3 is 2.12 bits per heavy atom. The van der Waals surface area contributed by atoms with Crippen molar-refractivity contribution in [2.75, 3.05) is 0 Å². The van der Waals surface area contributed by atoms with Crippen LogP contribution >= 0.6 is 0 Å². The zero-order valence-corrected chi connectivity index (χ0v) is 16.1. The smallest absolute Gasteiger partial charge is 0.249 e. The monoisotopic (exact) mass is 349 g/mol. The number of allylic oxidation sites excluding steroid dienone is 4. The van der Waals surface area contributed by atoms with Crippen molar-refractivity contribution in [2.24, 2.45) is 11.7 Å². The van der Waals surface area contributed by atoms with Crippen molar-refractivity contribution in [3.8, 4) is 0 Å². The van der Waals surface area contributed by atoms with E-state index in [-0.39, 0.29) is 18.0 Å². The van der Waals surface area contributed by atoms with Crippen LogP contribution in [0.2, 0.25) is 0 Å². The summed E-state index contributed by atoms with van der Waals surface area (Å²) in [5, 5.41) is 10.6. The van der Waals surface area contributed by atoms with E-state index in [0.29, 0.717) is 28.7 Å². The van der Waals surface area contributed by atoms with Gasteiger partial charge in [0.1, 0.15) is 5.60 Å². The molecular formula is C20H31NO4. The zero-order chi connectivity index (χ0) is 19.4. The van der Waals surface area contributed by atoms with E-state index in [0.717, 1.165) is 25.7 Å². The van der Waals surface area contributed by atoms with Gasteiger partial charge in [0, 0.05) is 28.2 Å². The van der Waals surface area contributed by atoms with Crippen molar-refractivity contribution >= 4 is 17.5 Å². The number of rotatable bonds is 9. The maximum Gasteiger partial charge on any atom is 0.249 e. The fraction of sp³-hybridized carbons (Fsp3) is 0.650. The molecule has 0 aromatic carbocycles. The number of Topliss-reactive ketones (excluding diaryl/α,β-unsaturated/α-hetero) is 2. The fourth-order valence-corrected chi connectivity index (χ4v) is 3.25. The molecule has 0 radical (unpaired) electrons. The molecule has 3 N–H and O–H groups in total. The topological polar surface area (TPSA) is 97.5 Å². The predicted octanol–water partition coefficient (Wildman–Crippen LogP) is 3.00. The molecule has 0 spiro atoms. The van der Waals surface area contributed by atoms with E-state index in [1.165, 1.54) is 6.92 Å². The molecule has 0 fully saturated rings. The number of unbranched alkanes of at least 4 members (excludes halogenated alkanes) is 3. The second kappa shape index (κ2) is 8.56. The van der Waals surface area contributed by atoms with Gasteiger partial charge in [-0.2, -0.15) is 0 Å². The molecule has 1 amide bonds. The number of hydrogen-bond donors (Lipinski definition) is 2. The van der Waals surface area contributed by atoms with Crippen LogP contribution in [0.1, 0.15) is 73.1 Å². The van der Waals surface area contributed by atoms with E-state index in [4.69, 9.17) is 5.73 Å². The number of hydrogen-bond acceptors (Lipinski definition) is 4. The Balaban J connectivity index is 3.10. The van der Waals surface area contributed by atoms with Crippen LogP contribution in [-0.2, 0) is 14.4 Å². The fourth-order valence-electron chi connectivity index (χ4n) is 3.25. The van der Waals surface area contributed by atoms with Gasteiger partial charge in [0.15, 0.2) is 11.6 Å². The van der Waals surface area contributed by atoms with Crippen molar-refractivity contribution in [1.82, 2.24) is 0 Å². The Labute approximate surface area is 150 Å². The molecule has 0 saturated heterocycles. The van der Waals surface area contributed by atoms with Gasteiger partial charge < -0.3 is 10.8 Å². The molecule has 0 heterocycles. The van der Waals surface area contributed by atoms with Gasteiger partial charge >= 0.3 is 0 Å². The van der Waals surface area contributed by atoms with Crippen molar-refractivity contribution in [3.63, 3.8) is 0 Å². The van der Waals surface area contributed by atoms with Crippen LogP contribution in [-0.4, -0.2) is 28.2 Å². The first-order valence-electron chi connectivity index (χ1n) is 9.04. The number of carbonyl (C=O) groups is 3. The lowest BCUT2D eigenvalue weighted by atomic mass is 9.75. The highest BCUT2D eigenvalue weighted by Gasteiger charge is 2.40. The molecule has 5 nitrogen and oxygen atoms in total. The van der Waals surface area contributed by atoms with Crippen LogP contribution in [0.3, 0.4) is 0 Å². The normalized spacial score (nSPS) is 19.3. The molecule has 0 saturated carbocycles. The summed E-state index contributed by atoms with van der Waals surface area (Å²) < 4.78 is 0. The van der Waals surface area contributed by atoms with Gasteiger partial charge in [-0.1, -0.05) is 32.6 Å². The van der Waals surface area contributed by atoms with Gasteiger partial charge in [-0.05, 0) is 40.5 Å². The molecule has 2 atom stereocenters. The molecule has 140 valence electrons. The van der Waals surface area contributed by atoms with Crippen LogP contribution < -0.4 is 5.73 Å². The van der Waals surface area contributed by atoms with Gasteiger partial charge in [-0.15, -0.1) is 0 Å². The van der Waals surface area contributed by atoms with Gasteiger partial charge in [-0.3, -0.25) is 14.4 Å². The second-order valence-electron chi connectivity index (χ2n) is 7.27. The lowest BCUT2D eigenvalue weighted by molar-refractivity contribution is -0.140. The second-order valence-corrected chi connectivity index (χ2v) is 7.27. The van der Waals surface area contributed by atoms with Crippen molar-refractivity contribution in [3.05, 3.63) is 22.3 Å². The summed E-state index contributed by atoms with van der Waals surface area (Å²) in [5.74, 6) is -1.61. The van der Waals surface area contributed by atoms with Crippen LogP contribution in [0, 0.1) is 5.92 Å². The number of amides is 1. The lowest BCUT2D eigenvalue weighted by Gasteiger charge is -2.32. The van der Waals surface area contributed by atoms with E-state index in [1.54, 1.807) is 20.8 Å².